The summed E-state index contributed by atoms with van der Waals surface area (Å²) in [6, 6.07) is 7.73. The summed E-state index contributed by atoms with van der Waals surface area (Å²) in [6.45, 7) is 0. The molecular weight excluding hydrogens is 466 g/mol. The van der Waals surface area contributed by atoms with Crippen LogP contribution < -0.4 is 4.74 Å². The van der Waals surface area contributed by atoms with Crippen molar-refractivity contribution in [2.75, 3.05) is 0 Å². The van der Waals surface area contributed by atoms with Gasteiger partial charge in [0.05, 0.1) is 0 Å². The zero-order chi connectivity index (χ0) is 25.8. The fourth-order valence-corrected chi connectivity index (χ4v) is 6.13. The first kappa shape index (κ1) is 28.3. The molecule has 0 bridgehead atoms. The molecule has 2 aliphatic carbocycles. The van der Waals surface area contributed by atoms with E-state index in [1.165, 1.54) is 88.5 Å². The van der Waals surface area contributed by atoms with E-state index < -0.39 is 12.2 Å². The van der Waals surface area contributed by atoms with Crippen molar-refractivity contribution in [1.82, 2.24) is 0 Å². The van der Waals surface area contributed by atoms with Gasteiger partial charge in [0.1, 0.15) is 11.8 Å². The van der Waals surface area contributed by atoms with Gasteiger partial charge in [0.15, 0.2) is 5.83 Å². The largest absolute Gasteiger partial charge is 0.573 e. The first-order valence-corrected chi connectivity index (χ1v) is 13.6. The van der Waals surface area contributed by atoms with E-state index in [1.807, 2.05) is 6.08 Å². The van der Waals surface area contributed by atoms with Crippen molar-refractivity contribution in [3.05, 3.63) is 53.9 Å². The van der Waals surface area contributed by atoms with E-state index in [1.54, 1.807) is 18.2 Å². The molecule has 198 valence electrons. The van der Waals surface area contributed by atoms with Crippen LogP contribution in [0.1, 0.15) is 89.0 Å². The molecule has 2 fully saturated rings. The Balaban J connectivity index is 1.24. The molecule has 1 aromatic carbocycles. The number of nitriles is 1. The zero-order valence-electron chi connectivity index (χ0n) is 21.1. The van der Waals surface area contributed by atoms with E-state index in [2.05, 4.69) is 4.74 Å². The molecular formula is C30H39F4NO. The molecule has 0 heterocycles. The number of ether oxygens (including phenoxy) is 1. The van der Waals surface area contributed by atoms with Crippen molar-refractivity contribution in [3.63, 3.8) is 0 Å². The number of benzene rings is 1. The molecule has 2 aliphatic rings. The molecule has 0 saturated heterocycles. The summed E-state index contributed by atoms with van der Waals surface area (Å²) >= 11 is 0. The number of unbranched alkanes of at least 4 members (excludes halogenated alkanes) is 1. The van der Waals surface area contributed by atoms with Crippen LogP contribution in [0, 0.1) is 35.0 Å². The standard InChI is InChI=1S/C30H39F4NO/c31-28(22-35)9-3-1-2-6-23-10-16-26(17-11-23)27-18-12-24(13-19-27)7-4-5-8-25-14-20-29(21-15-25)36-30(32,33)34/h1,3,9,14-15,20-21,23-24,26-27H,2,4-8,10-13,16-19H2/t23-,24-,26-,27-. The Kier molecular flexibility index (Phi) is 11.4. The maximum atomic E-state index is 12.8. The number of hydrogen-bond donors (Lipinski definition) is 0. The van der Waals surface area contributed by atoms with Crippen LogP contribution in [-0.4, -0.2) is 6.36 Å². The van der Waals surface area contributed by atoms with Gasteiger partial charge in [-0.3, -0.25) is 0 Å². The molecule has 0 aromatic heterocycles. The van der Waals surface area contributed by atoms with E-state index in [9.17, 15) is 17.6 Å². The monoisotopic (exact) mass is 505 g/mol. The molecule has 0 amide bonds. The molecule has 0 spiro atoms. The summed E-state index contributed by atoms with van der Waals surface area (Å²) in [6.07, 6.45) is 17.4. The third-order valence-corrected chi connectivity index (χ3v) is 8.16. The highest BCUT2D eigenvalue weighted by Crippen LogP contribution is 2.43. The van der Waals surface area contributed by atoms with Crippen LogP contribution in [0.2, 0.25) is 0 Å². The van der Waals surface area contributed by atoms with Gasteiger partial charge in [-0.25, -0.2) is 0 Å². The topological polar surface area (TPSA) is 33.0 Å². The SMILES string of the molecule is N#CC(F)=CC=CCC[C@H]1CC[C@H]([C@H]2CC[C@H](CCCCc3ccc(OC(F)(F)F)cc3)CC2)CC1. The molecule has 2 saturated carbocycles. The second kappa shape index (κ2) is 14.4. The molecule has 3 rings (SSSR count). The van der Waals surface area contributed by atoms with Gasteiger partial charge in [0.2, 0.25) is 0 Å². The summed E-state index contributed by atoms with van der Waals surface area (Å²) in [5.74, 6) is 2.47. The third-order valence-electron chi connectivity index (χ3n) is 8.16. The summed E-state index contributed by atoms with van der Waals surface area (Å²) in [5.41, 5.74) is 1.06. The van der Waals surface area contributed by atoms with Gasteiger partial charge < -0.3 is 4.74 Å². The molecule has 0 unspecified atom stereocenters. The molecule has 2 nitrogen and oxygen atoms in total. The first-order valence-electron chi connectivity index (χ1n) is 13.6. The average molecular weight is 506 g/mol. The third kappa shape index (κ3) is 10.4. The van der Waals surface area contributed by atoms with Crippen molar-refractivity contribution in [2.24, 2.45) is 23.7 Å². The number of halogens is 4. The average Bonchev–Trinajstić information content (AvgIpc) is 2.87. The van der Waals surface area contributed by atoms with E-state index in [4.69, 9.17) is 5.26 Å². The van der Waals surface area contributed by atoms with E-state index in [-0.39, 0.29) is 5.75 Å². The predicted octanol–water partition coefficient (Wildman–Crippen LogP) is 9.62. The highest BCUT2D eigenvalue weighted by Gasteiger charge is 2.31. The number of alkyl halides is 3. The van der Waals surface area contributed by atoms with Crippen molar-refractivity contribution in [1.29, 1.82) is 5.26 Å². The zero-order valence-corrected chi connectivity index (χ0v) is 21.1. The minimum atomic E-state index is -4.64. The molecule has 6 heteroatoms. The highest BCUT2D eigenvalue weighted by atomic mass is 19.4. The number of nitrogens with zero attached hydrogens (tertiary/aromatic N) is 1. The van der Waals surface area contributed by atoms with Crippen LogP contribution in [-0.2, 0) is 6.42 Å². The van der Waals surface area contributed by atoms with Crippen LogP contribution in [0.25, 0.3) is 0 Å². The minimum Gasteiger partial charge on any atom is -0.406 e. The quantitative estimate of drug-likeness (QED) is 0.130. The van der Waals surface area contributed by atoms with Crippen LogP contribution >= 0.6 is 0 Å². The van der Waals surface area contributed by atoms with E-state index >= 15 is 0 Å². The lowest BCUT2D eigenvalue weighted by molar-refractivity contribution is -0.274. The molecule has 0 radical (unpaired) electrons. The van der Waals surface area contributed by atoms with E-state index in [0.29, 0.717) is 0 Å². The fourth-order valence-electron chi connectivity index (χ4n) is 6.13. The molecule has 36 heavy (non-hydrogen) atoms. The van der Waals surface area contributed by atoms with Gasteiger partial charge in [-0.2, -0.15) is 9.65 Å². The van der Waals surface area contributed by atoms with Crippen LogP contribution in [0.3, 0.4) is 0 Å². The lowest BCUT2D eigenvalue weighted by Gasteiger charge is -2.38. The van der Waals surface area contributed by atoms with Crippen molar-refractivity contribution < 1.29 is 22.3 Å². The lowest BCUT2D eigenvalue weighted by atomic mass is 9.68. The van der Waals surface area contributed by atoms with E-state index in [0.717, 1.165) is 54.9 Å². The summed E-state index contributed by atoms with van der Waals surface area (Å²) in [7, 11) is 0. The van der Waals surface area contributed by atoms with Crippen LogP contribution in [0.4, 0.5) is 17.6 Å². The van der Waals surface area contributed by atoms with Gasteiger partial charge in [0, 0.05) is 0 Å². The number of rotatable bonds is 11. The van der Waals surface area contributed by atoms with Gasteiger partial charge in [-0.15, -0.1) is 13.2 Å². The highest BCUT2D eigenvalue weighted by molar-refractivity contribution is 5.27. The molecule has 1 aromatic rings. The Morgan fingerprint density at radius 2 is 1.47 bits per heavy atom. The smallest absolute Gasteiger partial charge is 0.406 e. The Labute approximate surface area is 213 Å². The Bertz CT molecular complexity index is 868. The Morgan fingerprint density at radius 1 is 0.889 bits per heavy atom. The van der Waals surface area contributed by atoms with Crippen LogP contribution in [0.5, 0.6) is 5.75 Å². The maximum Gasteiger partial charge on any atom is 0.573 e. The first-order chi connectivity index (χ1) is 17.3. The summed E-state index contributed by atoms with van der Waals surface area (Å²) in [5, 5.41) is 8.41. The number of aryl methyl sites for hydroxylation is 1. The second-order valence-corrected chi connectivity index (χ2v) is 10.6. The summed E-state index contributed by atoms with van der Waals surface area (Å²) in [4.78, 5) is 0. The second-order valence-electron chi connectivity index (χ2n) is 10.6. The molecule has 0 atom stereocenters. The van der Waals surface area contributed by atoms with Crippen molar-refractivity contribution in [3.8, 4) is 11.8 Å². The fraction of sp³-hybridized carbons (Fsp3) is 0.633. The lowest BCUT2D eigenvalue weighted by Crippen LogP contribution is -2.25. The maximum absolute atomic E-state index is 12.8. The molecule has 0 N–H and O–H groups in total. The van der Waals surface area contributed by atoms with Crippen LogP contribution in [0.15, 0.2) is 48.3 Å². The molecule has 0 aliphatic heterocycles. The van der Waals surface area contributed by atoms with Gasteiger partial charge in [-0.05, 0) is 98.8 Å². The van der Waals surface area contributed by atoms with Crippen molar-refractivity contribution in [2.45, 2.75) is 96.3 Å². The Morgan fingerprint density at radius 3 is 2.03 bits per heavy atom. The van der Waals surface area contributed by atoms with Gasteiger partial charge >= 0.3 is 6.36 Å². The normalized spacial score (nSPS) is 25.6. The summed E-state index contributed by atoms with van der Waals surface area (Å²) < 4.78 is 53.5. The number of hydrogen-bond acceptors (Lipinski definition) is 2. The predicted molar refractivity (Wildman–Crippen MR) is 135 cm³/mol. The minimum absolute atomic E-state index is 0.160. The number of allylic oxidation sites excluding steroid dienone is 4. The van der Waals surface area contributed by atoms with Crippen molar-refractivity contribution >= 4 is 0 Å². The van der Waals surface area contributed by atoms with Gasteiger partial charge in [0.25, 0.3) is 0 Å². The van der Waals surface area contributed by atoms with Gasteiger partial charge in [-0.1, -0.05) is 62.8 Å². The Hall–Kier alpha value is -2.29.